The number of aromatic nitrogens is 3. The van der Waals surface area contributed by atoms with Gasteiger partial charge in [0, 0.05) is 17.7 Å². The van der Waals surface area contributed by atoms with Crippen molar-refractivity contribution in [3.8, 4) is 0 Å². The molecule has 0 bridgehead atoms. The second-order valence-corrected chi connectivity index (χ2v) is 3.91. The molecule has 0 radical (unpaired) electrons. The summed E-state index contributed by atoms with van der Waals surface area (Å²) in [4.78, 5) is 3.72. The zero-order valence-electron chi connectivity index (χ0n) is 7.51. The van der Waals surface area contributed by atoms with Crippen molar-refractivity contribution in [3.05, 3.63) is 22.4 Å². The third kappa shape index (κ3) is 1.71. The first-order valence-electron chi connectivity index (χ1n) is 3.95. The van der Waals surface area contributed by atoms with Crippen LogP contribution in [-0.4, -0.2) is 14.8 Å². The van der Waals surface area contributed by atoms with Gasteiger partial charge < -0.3 is 0 Å². The summed E-state index contributed by atoms with van der Waals surface area (Å²) in [6, 6.07) is 1.55. The summed E-state index contributed by atoms with van der Waals surface area (Å²) in [5.74, 6) is 0. The number of hydrogen-bond acceptors (Lipinski definition) is 2. The van der Waals surface area contributed by atoms with Gasteiger partial charge in [-0.3, -0.25) is 9.67 Å². The van der Waals surface area contributed by atoms with Gasteiger partial charge in [0.15, 0.2) is 5.69 Å². The quantitative estimate of drug-likeness (QED) is 0.743. The van der Waals surface area contributed by atoms with Crippen molar-refractivity contribution < 1.29 is 13.2 Å². The Hall–Kier alpha value is -1.11. The third-order valence-corrected chi connectivity index (χ3v) is 2.36. The van der Waals surface area contributed by atoms with Crippen molar-refractivity contribution in [2.45, 2.75) is 6.18 Å². The summed E-state index contributed by atoms with van der Waals surface area (Å²) in [6.45, 7) is 0. The molecule has 2 heterocycles. The van der Waals surface area contributed by atoms with E-state index in [4.69, 9.17) is 0 Å². The van der Waals surface area contributed by atoms with E-state index in [0.717, 1.165) is 4.68 Å². The average Bonchev–Trinajstić information content (AvgIpc) is 2.43. The maximum atomic E-state index is 12.5. The fourth-order valence-electron chi connectivity index (χ4n) is 1.30. The molecule has 2 aromatic heterocycles. The van der Waals surface area contributed by atoms with Crippen LogP contribution in [0, 0.1) is 0 Å². The predicted octanol–water partition coefficient (Wildman–Crippen LogP) is 2.75. The lowest BCUT2D eigenvalue weighted by atomic mass is 10.3. The van der Waals surface area contributed by atoms with Crippen LogP contribution in [0.5, 0.6) is 0 Å². The highest BCUT2D eigenvalue weighted by molar-refractivity contribution is 9.10. The van der Waals surface area contributed by atoms with E-state index in [2.05, 4.69) is 26.0 Å². The van der Waals surface area contributed by atoms with E-state index >= 15 is 0 Å². The Labute approximate surface area is 91.0 Å². The van der Waals surface area contributed by atoms with Crippen molar-refractivity contribution >= 4 is 27.0 Å². The molecule has 0 saturated carbocycles. The van der Waals surface area contributed by atoms with Crippen LogP contribution in [0.15, 0.2) is 16.7 Å². The lowest BCUT2D eigenvalue weighted by molar-refractivity contribution is -0.140. The minimum absolute atomic E-state index is 0.131. The molecule has 0 saturated heterocycles. The van der Waals surface area contributed by atoms with Gasteiger partial charge in [-0.15, -0.1) is 0 Å². The van der Waals surface area contributed by atoms with Gasteiger partial charge in [0.25, 0.3) is 0 Å². The lowest BCUT2D eigenvalue weighted by Crippen LogP contribution is -2.07. The lowest BCUT2D eigenvalue weighted by Gasteiger charge is -2.00. The molecule has 15 heavy (non-hydrogen) atoms. The van der Waals surface area contributed by atoms with Gasteiger partial charge in [-0.05, 0) is 22.0 Å². The van der Waals surface area contributed by atoms with Gasteiger partial charge in [-0.25, -0.2) is 0 Å². The highest BCUT2D eigenvalue weighted by Crippen LogP contribution is 2.33. The topological polar surface area (TPSA) is 30.7 Å². The van der Waals surface area contributed by atoms with E-state index in [-0.39, 0.29) is 5.52 Å². The molecule has 0 aliphatic carbocycles. The number of nitrogens with zero attached hydrogens (tertiary/aromatic N) is 3. The second-order valence-electron chi connectivity index (χ2n) is 2.99. The number of fused-ring (bicyclic) bond motifs is 1. The van der Waals surface area contributed by atoms with Crippen LogP contribution in [0.25, 0.3) is 11.0 Å². The smallest absolute Gasteiger partial charge is 0.266 e. The molecule has 2 rings (SSSR count). The SMILES string of the molecule is Cn1nc(C(F)(F)F)c2ncc(Br)cc21. The summed E-state index contributed by atoms with van der Waals surface area (Å²) in [6.07, 6.45) is -3.15. The van der Waals surface area contributed by atoms with E-state index < -0.39 is 11.9 Å². The molecular formula is C8H5BrF3N3. The summed E-state index contributed by atoms with van der Waals surface area (Å²) in [5.41, 5.74) is -0.739. The summed E-state index contributed by atoms with van der Waals surface area (Å²) >= 11 is 3.14. The monoisotopic (exact) mass is 279 g/mol. The first kappa shape index (κ1) is 10.4. The Balaban J connectivity index is 2.79. The number of halogens is 4. The van der Waals surface area contributed by atoms with Crippen molar-refractivity contribution in [1.82, 2.24) is 14.8 Å². The maximum Gasteiger partial charge on any atom is 0.437 e. The molecule has 3 nitrogen and oxygen atoms in total. The average molecular weight is 280 g/mol. The van der Waals surface area contributed by atoms with Crippen LogP contribution in [0.1, 0.15) is 5.69 Å². The van der Waals surface area contributed by atoms with Crippen molar-refractivity contribution in [2.24, 2.45) is 7.05 Å². The van der Waals surface area contributed by atoms with Crippen LogP contribution in [0.2, 0.25) is 0 Å². The van der Waals surface area contributed by atoms with Crippen molar-refractivity contribution in [1.29, 1.82) is 0 Å². The van der Waals surface area contributed by atoms with E-state index in [1.807, 2.05) is 0 Å². The zero-order valence-corrected chi connectivity index (χ0v) is 9.09. The van der Waals surface area contributed by atoms with Crippen LogP contribution in [-0.2, 0) is 13.2 Å². The molecular weight excluding hydrogens is 275 g/mol. The number of pyridine rings is 1. The molecule has 0 aliphatic rings. The molecule has 2 aromatic rings. The van der Waals surface area contributed by atoms with Crippen LogP contribution < -0.4 is 0 Å². The molecule has 0 atom stereocenters. The Morgan fingerprint density at radius 2 is 2.07 bits per heavy atom. The molecule has 0 spiro atoms. The van der Waals surface area contributed by atoms with Gasteiger partial charge in [0.2, 0.25) is 0 Å². The first-order valence-corrected chi connectivity index (χ1v) is 4.74. The fourth-order valence-corrected chi connectivity index (χ4v) is 1.62. The molecule has 0 aromatic carbocycles. The van der Waals surface area contributed by atoms with Crippen LogP contribution >= 0.6 is 15.9 Å². The Morgan fingerprint density at radius 3 is 2.67 bits per heavy atom. The molecule has 80 valence electrons. The Kier molecular flexibility index (Phi) is 2.22. The predicted molar refractivity (Wildman–Crippen MR) is 51.2 cm³/mol. The van der Waals surface area contributed by atoms with E-state index in [9.17, 15) is 13.2 Å². The number of aryl methyl sites for hydroxylation is 1. The molecule has 0 N–H and O–H groups in total. The van der Waals surface area contributed by atoms with E-state index in [1.165, 1.54) is 13.2 Å². The number of rotatable bonds is 0. The molecule has 7 heteroatoms. The highest BCUT2D eigenvalue weighted by atomic mass is 79.9. The van der Waals surface area contributed by atoms with E-state index in [1.54, 1.807) is 6.07 Å². The summed E-state index contributed by atoms with van der Waals surface area (Å²) in [5, 5.41) is 3.41. The standard InChI is InChI=1S/C8H5BrF3N3/c1-15-5-2-4(9)3-13-6(5)7(14-15)8(10,11)12/h2-3H,1H3. The van der Waals surface area contributed by atoms with Gasteiger partial charge in [0.1, 0.15) is 5.52 Å². The normalized spacial score (nSPS) is 12.3. The van der Waals surface area contributed by atoms with Gasteiger partial charge in [-0.2, -0.15) is 18.3 Å². The largest absolute Gasteiger partial charge is 0.437 e. The molecule has 0 amide bonds. The summed E-state index contributed by atoms with van der Waals surface area (Å²) in [7, 11) is 1.45. The number of hydrogen-bond donors (Lipinski definition) is 0. The zero-order chi connectivity index (χ0) is 11.2. The van der Waals surface area contributed by atoms with Gasteiger partial charge in [0.05, 0.1) is 5.52 Å². The summed E-state index contributed by atoms with van der Waals surface area (Å²) < 4.78 is 39.3. The Bertz CT molecular complexity index is 518. The molecule has 0 unspecified atom stereocenters. The third-order valence-electron chi connectivity index (χ3n) is 1.93. The first-order chi connectivity index (χ1) is 6.89. The minimum atomic E-state index is -4.47. The van der Waals surface area contributed by atoms with Crippen molar-refractivity contribution in [2.75, 3.05) is 0 Å². The van der Waals surface area contributed by atoms with Crippen LogP contribution in [0.4, 0.5) is 13.2 Å². The molecule has 0 fully saturated rings. The number of alkyl halides is 3. The Morgan fingerprint density at radius 1 is 1.40 bits per heavy atom. The van der Waals surface area contributed by atoms with E-state index in [0.29, 0.717) is 9.99 Å². The second kappa shape index (κ2) is 3.19. The van der Waals surface area contributed by atoms with Gasteiger partial charge in [-0.1, -0.05) is 0 Å². The van der Waals surface area contributed by atoms with Gasteiger partial charge >= 0.3 is 6.18 Å². The maximum absolute atomic E-state index is 12.5. The van der Waals surface area contributed by atoms with Crippen molar-refractivity contribution in [3.63, 3.8) is 0 Å². The highest BCUT2D eigenvalue weighted by Gasteiger charge is 2.37. The minimum Gasteiger partial charge on any atom is -0.266 e. The fraction of sp³-hybridized carbons (Fsp3) is 0.250. The van der Waals surface area contributed by atoms with Crippen LogP contribution in [0.3, 0.4) is 0 Å². The molecule has 0 aliphatic heterocycles.